The predicted octanol–water partition coefficient (Wildman–Crippen LogP) is 2.46. The van der Waals surface area contributed by atoms with Crippen molar-refractivity contribution >= 4 is 35.1 Å². The summed E-state index contributed by atoms with van der Waals surface area (Å²) in [6.07, 6.45) is 2.79. The van der Waals surface area contributed by atoms with Gasteiger partial charge in [0.1, 0.15) is 12.0 Å². The van der Waals surface area contributed by atoms with E-state index in [1.807, 2.05) is 18.3 Å². The quantitative estimate of drug-likeness (QED) is 0.421. The van der Waals surface area contributed by atoms with Gasteiger partial charge in [0.25, 0.3) is 0 Å². The van der Waals surface area contributed by atoms with E-state index in [0.717, 1.165) is 31.6 Å². The van der Waals surface area contributed by atoms with E-state index in [0.29, 0.717) is 28.1 Å². The van der Waals surface area contributed by atoms with Gasteiger partial charge in [-0.1, -0.05) is 17.7 Å². The van der Waals surface area contributed by atoms with E-state index in [4.69, 9.17) is 17.3 Å². The number of aliphatic hydroxyl groups excluding tert-OH is 1. The molecule has 0 saturated carbocycles. The van der Waals surface area contributed by atoms with Gasteiger partial charge in [-0.15, -0.1) is 0 Å². The zero-order chi connectivity index (χ0) is 16.9. The van der Waals surface area contributed by atoms with Crippen LogP contribution in [0.15, 0.2) is 29.3 Å². The second kappa shape index (κ2) is 7.76. The SMILES string of the molecule is NC(O)c1c(N=CC2CCNCC2)n[nH]c1Nc1cccc(Cl)c1. The Morgan fingerprint density at radius 1 is 1.42 bits per heavy atom. The van der Waals surface area contributed by atoms with E-state index >= 15 is 0 Å². The number of hydrogen-bond acceptors (Lipinski definition) is 6. The monoisotopic (exact) mass is 348 g/mol. The number of aromatic nitrogens is 2. The highest BCUT2D eigenvalue weighted by molar-refractivity contribution is 6.30. The lowest BCUT2D eigenvalue weighted by Crippen LogP contribution is -2.28. The zero-order valence-electron chi connectivity index (χ0n) is 13.2. The Hall–Kier alpha value is -1.93. The van der Waals surface area contributed by atoms with Crippen molar-refractivity contribution in [3.63, 3.8) is 0 Å². The fourth-order valence-corrected chi connectivity index (χ4v) is 2.89. The first kappa shape index (κ1) is 16.9. The summed E-state index contributed by atoms with van der Waals surface area (Å²) in [5, 5.41) is 24.0. The smallest absolute Gasteiger partial charge is 0.182 e. The number of piperidine rings is 1. The molecule has 6 N–H and O–H groups in total. The fourth-order valence-electron chi connectivity index (χ4n) is 2.69. The number of hydrogen-bond donors (Lipinski definition) is 5. The highest BCUT2D eigenvalue weighted by atomic mass is 35.5. The summed E-state index contributed by atoms with van der Waals surface area (Å²) in [5.74, 6) is 1.31. The number of benzene rings is 1. The molecule has 7 nitrogen and oxygen atoms in total. The van der Waals surface area contributed by atoms with Gasteiger partial charge < -0.3 is 21.5 Å². The molecule has 2 heterocycles. The molecule has 0 bridgehead atoms. The van der Waals surface area contributed by atoms with Gasteiger partial charge in [0.05, 0.1) is 5.56 Å². The van der Waals surface area contributed by atoms with E-state index in [9.17, 15) is 5.11 Å². The minimum Gasteiger partial charge on any atom is -0.374 e. The molecule has 1 aliphatic rings. The summed E-state index contributed by atoms with van der Waals surface area (Å²) in [4.78, 5) is 4.43. The maximum Gasteiger partial charge on any atom is 0.182 e. The van der Waals surface area contributed by atoms with Gasteiger partial charge in [-0.3, -0.25) is 5.10 Å². The van der Waals surface area contributed by atoms with Crippen LogP contribution in [-0.4, -0.2) is 34.6 Å². The molecular formula is C16H21ClN6O. The van der Waals surface area contributed by atoms with Crippen molar-refractivity contribution in [3.8, 4) is 0 Å². The molecule has 8 heteroatoms. The number of aromatic amines is 1. The summed E-state index contributed by atoms with van der Waals surface area (Å²) in [5.41, 5.74) is 6.89. The Labute approximate surface area is 145 Å². The number of halogens is 1. The van der Waals surface area contributed by atoms with Crippen molar-refractivity contribution in [3.05, 3.63) is 34.9 Å². The Morgan fingerprint density at radius 3 is 2.92 bits per heavy atom. The molecule has 0 radical (unpaired) electrons. The lowest BCUT2D eigenvalue weighted by molar-refractivity contribution is 0.187. The van der Waals surface area contributed by atoms with Crippen molar-refractivity contribution in [2.45, 2.75) is 19.1 Å². The van der Waals surface area contributed by atoms with Crippen LogP contribution in [0.3, 0.4) is 0 Å². The molecule has 2 aromatic rings. The molecule has 128 valence electrons. The van der Waals surface area contributed by atoms with E-state index in [1.165, 1.54) is 0 Å². The van der Waals surface area contributed by atoms with Crippen molar-refractivity contribution < 1.29 is 5.11 Å². The summed E-state index contributed by atoms with van der Waals surface area (Å²) in [6.45, 7) is 1.98. The number of rotatable bonds is 5. The van der Waals surface area contributed by atoms with Crippen LogP contribution in [0.2, 0.25) is 5.02 Å². The summed E-state index contributed by atoms with van der Waals surface area (Å²) < 4.78 is 0. The van der Waals surface area contributed by atoms with Gasteiger partial charge in [-0.25, -0.2) is 4.99 Å². The molecule has 3 rings (SSSR count). The molecular weight excluding hydrogens is 328 g/mol. The van der Waals surface area contributed by atoms with Crippen LogP contribution in [0, 0.1) is 5.92 Å². The normalized spacial score (nSPS) is 17.3. The molecule has 1 atom stereocenters. The predicted molar refractivity (Wildman–Crippen MR) is 96.2 cm³/mol. The van der Waals surface area contributed by atoms with E-state index in [1.54, 1.807) is 12.1 Å². The van der Waals surface area contributed by atoms with Crippen molar-refractivity contribution in [2.75, 3.05) is 18.4 Å². The van der Waals surface area contributed by atoms with Crippen LogP contribution >= 0.6 is 11.6 Å². The average Bonchev–Trinajstić information content (AvgIpc) is 2.97. The molecule has 1 aliphatic heterocycles. The first-order chi connectivity index (χ1) is 11.6. The fraction of sp³-hybridized carbons (Fsp3) is 0.375. The zero-order valence-corrected chi connectivity index (χ0v) is 13.9. The van der Waals surface area contributed by atoms with Gasteiger partial charge in [-0.2, -0.15) is 5.10 Å². The third-order valence-corrected chi connectivity index (χ3v) is 4.20. The summed E-state index contributed by atoms with van der Waals surface area (Å²) in [6, 6.07) is 7.24. The van der Waals surface area contributed by atoms with Crippen LogP contribution in [0.1, 0.15) is 24.6 Å². The lowest BCUT2D eigenvalue weighted by atomic mass is 10.00. The lowest BCUT2D eigenvalue weighted by Gasteiger charge is -2.18. The third-order valence-electron chi connectivity index (χ3n) is 3.97. The molecule has 1 aromatic heterocycles. The minimum atomic E-state index is -1.19. The van der Waals surface area contributed by atoms with Gasteiger partial charge >= 0.3 is 0 Å². The van der Waals surface area contributed by atoms with Crippen molar-refractivity contribution in [1.82, 2.24) is 15.5 Å². The molecule has 1 aromatic carbocycles. The standard InChI is InChI=1S/C16H21ClN6O/c17-11-2-1-3-12(8-11)21-16-13(14(18)24)15(22-23-16)20-9-10-4-6-19-7-5-10/h1-3,8-10,14,19,24H,4-7,18H2,(H2,21,22,23). The topological polar surface area (TPSA) is 111 Å². The largest absolute Gasteiger partial charge is 0.374 e. The van der Waals surface area contributed by atoms with E-state index in [2.05, 4.69) is 25.8 Å². The van der Waals surface area contributed by atoms with Crippen molar-refractivity contribution in [1.29, 1.82) is 0 Å². The molecule has 1 saturated heterocycles. The minimum absolute atomic E-state index is 0.396. The van der Waals surface area contributed by atoms with Gasteiger partial charge in [0.2, 0.25) is 0 Å². The highest BCUT2D eigenvalue weighted by Crippen LogP contribution is 2.31. The van der Waals surface area contributed by atoms with Crippen LogP contribution < -0.4 is 16.4 Å². The molecule has 0 spiro atoms. The number of H-pyrrole nitrogens is 1. The van der Waals surface area contributed by atoms with Crippen molar-refractivity contribution in [2.24, 2.45) is 16.6 Å². The number of nitrogens with zero attached hydrogens (tertiary/aromatic N) is 2. The van der Waals surface area contributed by atoms with E-state index in [-0.39, 0.29) is 0 Å². The number of aliphatic hydroxyl groups is 1. The Morgan fingerprint density at radius 2 is 2.21 bits per heavy atom. The number of nitrogens with two attached hydrogens (primary N) is 1. The summed E-state index contributed by atoms with van der Waals surface area (Å²) >= 11 is 5.99. The van der Waals surface area contributed by atoms with Crippen LogP contribution in [0.4, 0.5) is 17.3 Å². The molecule has 0 amide bonds. The Kier molecular flexibility index (Phi) is 5.47. The molecule has 1 fully saturated rings. The van der Waals surface area contributed by atoms with Gasteiger partial charge in [-0.05, 0) is 50.0 Å². The molecule has 0 aliphatic carbocycles. The Bertz CT molecular complexity index is 708. The van der Waals surface area contributed by atoms with Crippen LogP contribution in [0.25, 0.3) is 0 Å². The third kappa shape index (κ3) is 4.12. The first-order valence-corrected chi connectivity index (χ1v) is 8.30. The summed E-state index contributed by atoms with van der Waals surface area (Å²) in [7, 11) is 0. The number of aliphatic imine (C=N–C) groups is 1. The number of anilines is 2. The number of nitrogens with one attached hydrogen (secondary N) is 3. The highest BCUT2D eigenvalue weighted by Gasteiger charge is 2.19. The maximum absolute atomic E-state index is 9.91. The first-order valence-electron chi connectivity index (χ1n) is 7.93. The maximum atomic E-state index is 9.91. The second-order valence-corrected chi connectivity index (χ2v) is 6.22. The van der Waals surface area contributed by atoms with Crippen LogP contribution in [0.5, 0.6) is 0 Å². The van der Waals surface area contributed by atoms with E-state index < -0.39 is 6.23 Å². The van der Waals surface area contributed by atoms with Gasteiger partial charge in [0.15, 0.2) is 5.82 Å². The van der Waals surface area contributed by atoms with Gasteiger partial charge in [0, 0.05) is 16.9 Å². The molecule has 1 unspecified atom stereocenters. The average molecular weight is 349 g/mol. The second-order valence-electron chi connectivity index (χ2n) is 5.78. The Balaban J connectivity index is 1.80. The van der Waals surface area contributed by atoms with Crippen LogP contribution in [-0.2, 0) is 0 Å². The molecule has 24 heavy (non-hydrogen) atoms.